The molecule has 0 radical (unpaired) electrons. The summed E-state index contributed by atoms with van der Waals surface area (Å²) < 4.78 is 1.27. The number of hydrogen-bond acceptors (Lipinski definition) is 1. The van der Waals surface area contributed by atoms with Crippen LogP contribution in [0.2, 0.25) is 0 Å². The summed E-state index contributed by atoms with van der Waals surface area (Å²) in [5.41, 5.74) is 4.38. The second-order valence-electron chi connectivity index (χ2n) is 3.25. The molecule has 0 bridgehead atoms. The Hall–Kier alpha value is -0.340. The van der Waals surface area contributed by atoms with Crippen molar-refractivity contribution in [3.63, 3.8) is 0 Å². The Morgan fingerprint density at radius 3 is 2.92 bits per heavy atom. The normalized spacial score (nSPS) is 15.8. The van der Waals surface area contributed by atoms with Crippen LogP contribution in [0.15, 0.2) is 16.6 Å². The molecule has 1 aromatic carbocycles. The molecule has 64 valence electrons. The Morgan fingerprint density at radius 2 is 2.17 bits per heavy atom. The van der Waals surface area contributed by atoms with Crippen LogP contribution < -0.4 is 5.32 Å². The molecule has 2 heteroatoms. The largest absolute Gasteiger partial charge is 0.312 e. The lowest BCUT2D eigenvalue weighted by molar-refractivity contribution is 0.638. The number of halogens is 1. The summed E-state index contributed by atoms with van der Waals surface area (Å²) in [4.78, 5) is 0. The molecule has 12 heavy (non-hydrogen) atoms. The number of benzene rings is 1. The molecule has 1 heterocycles. The summed E-state index contributed by atoms with van der Waals surface area (Å²) in [5, 5.41) is 3.39. The Kier molecular flexibility index (Phi) is 2.20. The van der Waals surface area contributed by atoms with E-state index in [9.17, 15) is 0 Å². The van der Waals surface area contributed by atoms with Crippen molar-refractivity contribution in [2.75, 3.05) is 6.54 Å². The first-order valence-electron chi connectivity index (χ1n) is 4.26. The van der Waals surface area contributed by atoms with Crippen LogP contribution in [0.3, 0.4) is 0 Å². The minimum Gasteiger partial charge on any atom is -0.312 e. The van der Waals surface area contributed by atoms with Gasteiger partial charge in [0.1, 0.15) is 0 Å². The van der Waals surface area contributed by atoms with Gasteiger partial charge in [-0.25, -0.2) is 0 Å². The lowest BCUT2D eigenvalue weighted by atomic mass is 9.97. The quantitative estimate of drug-likeness (QED) is 0.716. The van der Waals surface area contributed by atoms with Crippen LogP contribution in [0.5, 0.6) is 0 Å². The molecule has 1 aromatic rings. The molecule has 1 aliphatic heterocycles. The van der Waals surface area contributed by atoms with Gasteiger partial charge in [0.2, 0.25) is 0 Å². The first-order chi connectivity index (χ1) is 5.79. The van der Waals surface area contributed by atoms with Gasteiger partial charge in [0, 0.05) is 11.0 Å². The molecule has 0 unspecified atom stereocenters. The fraction of sp³-hybridized carbons (Fsp3) is 0.400. The smallest absolute Gasteiger partial charge is 0.0211 e. The number of rotatable bonds is 0. The van der Waals surface area contributed by atoms with Crippen LogP contribution in [-0.2, 0) is 13.0 Å². The van der Waals surface area contributed by atoms with E-state index in [4.69, 9.17) is 0 Å². The van der Waals surface area contributed by atoms with Gasteiger partial charge in [-0.15, -0.1) is 0 Å². The Bertz CT molecular complexity index is 276. The maximum Gasteiger partial charge on any atom is 0.0211 e. The van der Waals surface area contributed by atoms with Gasteiger partial charge in [-0.3, -0.25) is 0 Å². The minimum atomic E-state index is 1.03. The highest BCUT2D eigenvalue weighted by atomic mass is 79.9. The summed E-state index contributed by atoms with van der Waals surface area (Å²) in [6, 6.07) is 4.33. The Labute approximate surface area is 81.3 Å². The summed E-state index contributed by atoms with van der Waals surface area (Å²) >= 11 is 3.59. The van der Waals surface area contributed by atoms with Crippen molar-refractivity contribution in [3.05, 3.63) is 33.3 Å². The third kappa shape index (κ3) is 1.29. The van der Waals surface area contributed by atoms with E-state index in [-0.39, 0.29) is 0 Å². The lowest BCUT2D eigenvalue weighted by Gasteiger charge is -2.20. The van der Waals surface area contributed by atoms with Gasteiger partial charge in [0.25, 0.3) is 0 Å². The average Bonchev–Trinajstić information content (AvgIpc) is 2.12. The van der Waals surface area contributed by atoms with Gasteiger partial charge in [-0.05, 0) is 42.6 Å². The van der Waals surface area contributed by atoms with E-state index in [1.165, 1.54) is 21.2 Å². The summed E-state index contributed by atoms with van der Waals surface area (Å²) in [7, 11) is 0. The van der Waals surface area contributed by atoms with E-state index in [0.717, 1.165) is 19.5 Å². The van der Waals surface area contributed by atoms with Crippen molar-refractivity contribution in [2.45, 2.75) is 19.9 Å². The van der Waals surface area contributed by atoms with E-state index in [1.807, 2.05) is 0 Å². The van der Waals surface area contributed by atoms with Crippen molar-refractivity contribution in [3.8, 4) is 0 Å². The second kappa shape index (κ2) is 3.19. The predicted molar refractivity (Wildman–Crippen MR) is 54.3 cm³/mol. The number of nitrogens with one attached hydrogen (secondary N) is 1. The van der Waals surface area contributed by atoms with Crippen LogP contribution in [0.25, 0.3) is 0 Å². The summed E-state index contributed by atoms with van der Waals surface area (Å²) in [6.45, 7) is 4.31. The maximum atomic E-state index is 3.59. The zero-order valence-corrected chi connectivity index (χ0v) is 8.74. The first-order valence-corrected chi connectivity index (χ1v) is 5.06. The van der Waals surface area contributed by atoms with Crippen LogP contribution in [0, 0.1) is 6.92 Å². The van der Waals surface area contributed by atoms with Gasteiger partial charge in [-0.2, -0.15) is 0 Å². The molecule has 0 fully saturated rings. The predicted octanol–water partition coefficient (Wildman–Crippen LogP) is 2.40. The van der Waals surface area contributed by atoms with Gasteiger partial charge in [0.15, 0.2) is 0 Å². The lowest BCUT2D eigenvalue weighted by Crippen LogP contribution is -2.24. The van der Waals surface area contributed by atoms with E-state index >= 15 is 0 Å². The van der Waals surface area contributed by atoms with Gasteiger partial charge < -0.3 is 5.32 Å². The molecule has 0 saturated heterocycles. The van der Waals surface area contributed by atoms with E-state index in [1.54, 1.807) is 0 Å². The van der Waals surface area contributed by atoms with E-state index < -0.39 is 0 Å². The standard InChI is InChI=1S/C10H12BrN/c1-7-2-3-10(11)8-4-5-12-6-9(7)8/h2-3,12H,4-6H2,1H3. The fourth-order valence-corrected chi connectivity index (χ4v) is 2.29. The van der Waals surface area contributed by atoms with Gasteiger partial charge >= 0.3 is 0 Å². The van der Waals surface area contributed by atoms with Crippen molar-refractivity contribution < 1.29 is 0 Å². The molecule has 0 spiro atoms. The molecule has 1 nitrogen and oxygen atoms in total. The van der Waals surface area contributed by atoms with Crippen molar-refractivity contribution in [2.24, 2.45) is 0 Å². The van der Waals surface area contributed by atoms with Crippen molar-refractivity contribution in [1.82, 2.24) is 5.32 Å². The maximum absolute atomic E-state index is 3.59. The SMILES string of the molecule is Cc1ccc(Br)c2c1CNCC2. The monoisotopic (exact) mass is 225 g/mol. The molecule has 0 atom stereocenters. The fourth-order valence-electron chi connectivity index (χ4n) is 1.72. The molecule has 1 N–H and O–H groups in total. The number of fused-ring (bicyclic) bond motifs is 1. The molecule has 0 aliphatic carbocycles. The highest BCUT2D eigenvalue weighted by Crippen LogP contribution is 2.25. The number of hydrogen-bond donors (Lipinski definition) is 1. The van der Waals surface area contributed by atoms with Crippen LogP contribution in [0.1, 0.15) is 16.7 Å². The topological polar surface area (TPSA) is 12.0 Å². The molecule has 2 rings (SSSR count). The van der Waals surface area contributed by atoms with Crippen LogP contribution >= 0.6 is 15.9 Å². The number of aryl methyl sites for hydroxylation is 1. The van der Waals surface area contributed by atoms with Gasteiger partial charge in [-0.1, -0.05) is 22.0 Å². The molecule has 0 saturated carbocycles. The van der Waals surface area contributed by atoms with Crippen LogP contribution in [0.4, 0.5) is 0 Å². The Morgan fingerprint density at radius 1 is 1.33 bits per heavy atom. The summed E-state index contributed by atoms with van der Waals surface area (Å²) in [5.74, 6) is 0. The molecule has 0 aromatic heterocycles. The summed E-state index contributed by atoms with van der Waals surface area (Å²) in [6.07, 6.45) is 1.15. The van der Waals surface area contributed by atoms with Crippen LogP contribution in [-0.4, -0.2) is 6.54 Å². The third-order valence-electron chi connectivity index (χ3n) is 2.46. The zero-order chi connectivity index (χ0) is 8.55. The molecular formula is C10H12BrN. The highest BCUT2D eigenvalue weighted by Gasteiger charge is 2.12. The first kappa shape index (κ1) is 8.27. The Balaban J connectivity index is 2.57. The third-order valence-corrected chi connectivity index (χ3v) is 3.20. The molecule has 0 amide bonds. The van der Waals surface area contributed by atoms with Gasteiger partial charge in [0.05, 0.1) is 0 Å². The van der Waals surface area contributed by atoms with Crippen molar-refractivity contribution in [1.29, 1.82) is 0 Å². The highest BCUT2D eigenvalue weighted by molar-refractivity contribution is 9.10. The minimum absolute atomic E-state index is 1.03. The molecule has 1 aliphatic rings. The van der Waals surface area contributed by atoms with Crippen molar-refractivity contribution >= 4 is 15.9 Å². The molecular weight excluding hydrogens is 214 g/mol. The second-order valence-corrected chi connectivity index (χ2v) is 4.10. The van der Waals surface area contributed by atoms with E-state index in [2.05, 4.69) is 40.3 Å². The van der Waals surface area contributed by atoms with E-state index in [0.29, 0.717) is 0 Å². The zero-order valence-electron chi connectivity index (χ0n) is 7.15. The average molecular weight is 226 g/mol.